The molecule has 2 atom stereocenters. The number of hydrazine groups is 1. The molecule has 102 valence electrons. The first kappa shape index (κ1) is 15.0. The summed E-state index contributed by atoms with van der Waals surface area (Å²) < 4.78 is 31.8. The fourth-order valence-electron chi connectivity index (χ4n) is 1.95. The van der Waals surface area contributed by atoms with Crippen LogP contribution in [0.1, 0.15) is 32.4 Å². The van der Waals surface area contributed by atoms with Gasteiger partial charge in [-0.15, -0.1) is 0 Å². The monoisotopic (exact) mass is 258 g/mol. The third-order valence-electron chi connectivity index (χ3n) is 2.83. The van der Waals surface area contributed by atoms with Crippen molar-refractivity contribution in [3.05, 3.63) is 35.4 Å². The molecule has 1 rings (SSSR count). The van der Waals surface area contributed by atoms with Crippen LogP contribution in [-0.2, 0) is 4.74 Å². The minimum Gasteiger partial charge on any atom is -0.376 e. The topological polar surface area (TPSA) is 47.3 Å². The molecule has 3 nitrogen and oxygen atoms in total. The van der Waals surface area contributed by atoms with Crippen molar-refractivity contribution in [1.29, 1.82) is 0 Å². The second-order valence-corrected chi connectivity index (χ2v) is 4.48. The highest BCUT2D eigenvalue weighted by Crippen LogP contribution is 2.25. The Morgan fingerprint density at radius 1 is 1.28 bits per heavy atom. The minimum atomic E-state index is -0.883. The molecule has 1 aromatic rings. The first-order valence-electron chi connectivity index (χ1n) is 6.03. The van der Waals surface area contributed by atoms with Crippen LogP contribution in [0.4, 0.5) is 8.78 Å². The number of nitrogens with one attached hydrogen (secondary N) is 1. The van der Waals surface area contributed by atoms with Gasteiger partial charge in [0.05, 0.1) is 12.1 Å². The predicted molar refractivity (Wildman–Crippen MR) is 66.7 cm³/mol. The van der Waals surface area contributed by atoms with Gasteiger partial charge in [-0.25, -0.2) is 8.78 Å². The molecule has 0 saturated carbocycles. The Kier molecular flexibility index (Phi) is 5.65. The summed E-state index contributed by atoms with van der Waals surface area (Å²) in [5.41, 5.74) is 3.19. The highest BCUT2D eigenvalue weighted by Gasteiger charge is 2.26. The van der Waals surface area contributed by atoms with E-state index < -0.39 is 11.6 Å². The van der Waals surface area contributed by atoms with Crippen LogP contribution in [0.15, 0.2) is 18.2 Å². The lowest BCUT2D eigenvalue weighted by atomic mass is 9.94. The van der Waals surface area contributed by atoms with Crippen molar-refractivity contribution in [2.24, 2.45) is 11.8 Å². The van der Waals surface area contributed by atoms with Gasteiger partial charge in [0.2, 0.25) is 0 Å². The van der Waals surface area contributed by atoms with Crippen molar-refractivity contribution in [2.75, 3.05) is 6.61 Å². The lowest BCUT2D eigenvalue weighted by Crippen LogP contribution is -2.40. The van der Waals surface area contributed by atoms with Crippen LogP contribution in [0.25, 0.3) is 0 Å². The molecule has 0 fully saturated rings. The third-order valence-corrected chi connectivity index (χ3v) is 2.83. The van der Waals surface area contributed by atoms with Gasteiger partial charge >= 0.3 is 0 Å². The highest BCUT2D eigenvalue weighted by molar-refractivity contribution is 5.22. The van der Waals surface area contributed by atoms with Gasteiger partial charge < -0.3 is 4.74 Å². The normalized spacial score (nSPS) is 14.8. The molecule has 18 heavy (non-hydrogen) atoms. The Hall–Kier alpha value is -1.04. The van der Waals surface area contributed by atoms with Crippen LogP contribution in [-0.4, -0.2) is 12.7 Å². The molecule has 3 N–H and O–H groups in total. The van der Waals surface area contributed by atoms with Crippen molar-refractivity contribution in [1.82, 2.24) is 5.43 Å². The first-order chi connectivity index (χ1) is 8.51. The number of hydrogen-bond donors (Lipinski definition) is 2. The van der Waals surface area contributed by atoms with E-state index in [0.29, 0.717) is 12.2 Å². The van der Waals surface area contributed by atoms with Crippen molar-refractivity contribution < 1.29 is 13.5 Å². The average molecular weight is 258 g/mol. The van der Waals surface area contributed by atoms with Gasteiger partial charge in [-0.1, -0.05) is 19.9 Å². The van der Waals surface area contributed by atoms with E-state index in [4.69, 9.17) is 10.6 Å². The van der Waals surface area contributed by atoms with Gasteiger partial charge in [0.1, 0.15) is 0 Å². The molecule has 0 radical (unpaired) electrons. The summed E-state index contributed by atoms with van der Waals surface area (Å²) in [5.74, 6) is 3.96. The number of nitrogens with two attached hydrogens (primary N) is 1. The van der Waals surface area contributed by atoms with E-state index in [0.717, 1.165) is 12.1 Å². The standard InChI is InChI=1S/C13H20F2N2O/c1-4-18-13(8(2)3)12(17-16)9-5-6-10(14)11(15)7-9/h5-8,12-13,17H,4,16H2,1-3H3. The van der Waals surface area contributed by atoms with E-state index in [-0.39, 0.29) is 18.1 Å². The molecule has 0 bridgehead atoms. The van der Waals surface area contributed by atoms with Crippen LogP contribution in [0, 0.1) is 17.6 Å². The third kappa shape index (κ3) is 3.48. The van der Waals surface area contributed by atoms with E-state index in [1.807, 2.05) is 20.8 Å². The number of rotatable bonds is 6. The highest BCUT2D eigenvalue weighted by atomic mass is 19.2. The lowest BCUT2D eigenvalue weighted by molar-refractivity contribution is 0.00269. The molecule has 0 saturated heterocycles. The van der Waals surface area contributed by atoms with E-state index in [1.165, 1.54) is 6.07 Å². The minimum absolute atomic E-state index is 0.194. The first-order valence-corrected chi connectivity index (χ1v) is 6.03. The lowest BCUT2D eigenvalue weighted by Gasteiger charge is -2.29. The fraction of sp³-hybridized carbons (Fsp3) is 0.538. The summed E-state index contributed by atoms with van der Waals surface area (Å²) >= 11 is 0. The Morgan fingerprint density at radius 2 is 1.94 bits per heavy atom. The van der Waals surface area contributed by atoms with Crippen LogP contribution in [0.5, 0.6) is 0 Å². The summed E-state index contributed by atoms with van der Waals surface area (Å²) in [6, 6.07) is 3.38. The Morgan fingerprint density at radius 3 is 2.39 bits per heavy atom. The van der Waals surface area contributed by atoms with E-state index in [9.17, 15) is 8.78 Å². The van der Waals surface area contributed by atoms with Crippen molar-refractivity contribution in [3.63, 3.8) is 0 Å². The summed E-state index contributed by atoms with van der Waals surface area (Å²) in [7, 11) is 0. The average Bonchev–Trinajstić information content (AvgIpc) is 2.33. The molecule has 0 spiro atoms. The summed E-state index contributed by atoms with van der Waals surface area (Å²) in [6.45, 7) is 6.40. The SMILES string of the molecule is CCOC(C(C)C)C(NN)c1ccc(F)c(F)c1. The van der Waals surface area contributed by atoms with E-state index in [1.54, 1.807) is 0 Å². The number of hydrogen-bond acceptors (Lipinski definition) is 3. The molecule has 0 aliphatic carbocycles. The van der Waals surface area contributed by atoms with Crippen molar-refractivity contribution >= 4 is 0 Å². The number of ether oxygens (including phenoxy) is 1. The van der Waals surface area contributed by atoms with E-state index in [2.05, 4.69) is 5.43 Å². The Balaban J connectivity index is 3.02. The molecule has 0 aliphatic heterocycles. The van der Waals surface area contributed by atoms with Gasteiger partial charge in [-0.3, -0.25) is 11.3 Å². The van der Waals surface area contributed by atoms with Gasteiger partial charge in [-0.05, 0) is 30.5 Å². The maximum Gasteiger partial charge on any atom is 0.159 e. The van der Waals surface area contributed by atoms with Crippen LogP contribution < -0.4 is 11.3 Å². The molecule has 0 aromatic heterocycles. The van der Waals surface area contributed by atoms with E-state index >= 15 is 0 Å². The van der Waals surface area contributed by atoms with Gasteiger partial charge in [-0.2, -0.15) is 0 Å². The zero-order valence-electron chi connectivity index (χ0n) is 10.9. The number of halogens is 2. The Bertz CT molecular complexity index is 385. The largest absolute Gasteiger partial charge is 0.376 e. The summed E-state index contributed by atoms with van der Waals surface area (Å²) in [4.78, 5) is 0. The summed E-state index contributed by atoms with van der Waals surface area (Å²) in [6.07, 6.45) is -0.204. The zero-order valence-corrected chi connectivity index (χ0v) is 10.9. The molecule has 0 amide bonds. The quantitative estimate of drug-likeness (QED) is 0.609. The molecule has 2 unspecified atom stereocenters. The smallest absolute Gasteiger partial charge is 0.159 e. The van der Waals surface area contributed by atoms with Crippen molar-refractivity contribution in [3.8, 4) is 0 Å². The molecular weight excluding hydrogens is 238 g/mol. The molecule has 1 aromatic carbocycles. The van der Waals surface area contributed by atoms with Gasteiger partial charge in [0.25, 0.3) is 0 Å². The van der Waals surface area contributed by atoms with Gasteiger partial charge in [0.15, 0.2) is 11.6 Å². The summed E-state index contributed by atoms with van der Waals surface area (Å²) in [5, 5.41) is 0. The van der Waals surface area contributed by atoms with Crippen LogP contribution in [0.3, 0.4) is 0 Å². The predicted octanol–water partition coefficient (Wildman–Crippen LogP) is 2.53. The molecule has 0 heterocycles. The Labute approximate surface area is 106 Å². The second kappa shape index (κ2) is 6.78. The number of benzene rings is 1. The van der Waals surface area contributed by atoms with Crippen LogP contribution in [0.2, 0.25) is 0 Å². The van der Waals surface area contributed by atoms with Gasteiger partial charge in [0, 0.05) is 6.61 Å². The zero-order chi connectivity index (χ0) is 13.7. The maximum absolute atomic E-state index is 13.2. The van der Waals surface area contributed by atoms with Crippen LogP contribution >= 0.6 is 0 Å². The van der Waals surface area contributed by atoms with Crippen molar-refractivity contribution in [2.45, 2.75) is 32.9 Å². The fourth-order valence-corrected chi connectivity index (χ4v) is 1.95. The molecular formula is C13H20F2N2O. The molecule has 5 heteroatoms. The molecule has 0 aliphatic rings. The maximum atomic E-state index is 13.2. The second-order valence-electron chi connectivity index (χ2n) is 4.48.